The number of pyridine rings is 1. The van der Waals surface area contributed by atoms with E-state index < -0.39 is 0 Å². The molecule has 16 heavy (non-hydrogen) atoms. The van der Waals surface area contributed by atoms with Crippen molar-refractivity contribution in [2.45, 2.75) is 40.2 Å². The summed E-state index contributed by atoms with van der Waals surface area (Å²) in [5, 5.41) is 3.57. The van der Waals surface area contributed by atoms with Crippen LogP contribution in [0.1, 0.15) is 45.9 Å². The second-order valence-electron chi connectivity index (χ2n) is 5.15. The van der Waals surface area contributed by atoms with Crippen molar-refractivity contribution in [1.29, 1.82) is 0 Å². The molecule has 3 heteroatoms. The summed E-state index contributed by atoms with van der Waals surface area (Å²) >= 11 is 3.41. The van der Waals surface area contributed by atoms with Gasteiger partial charge >= 0.3 is 0 Å². The van der Waals surface area contributed by atoms with E-state index in [1.54, 1.807) is 0 Å². The summed E-state index contributed by atoms with van der Waals surface area (Å²) in [4.78, 5) is 4.49. The number of hydrogen-bond acceptors (Lipinski definition) is 2. The maximum Gasteiger partial charge on any atom is 0.0579 e. The third-order valence-electron chi connectivity index (χ3n) is 2.51. The number of nitrogens with zero attached hydrogens (tertiary/aromatic N) is 1. The van der Waals surface area contributed by atoms with Crippen LogP contribution in [0.25, 0.3) is 0 Å². The Morgan fingerprint density at radius 2 is 2.06 bits per heavy atom. The van der Waals surface area contributed by atoms with Gasteiger partial charge in [-0.05, 0) is 46.4 Å². The molecule has 0 radical (unpaired) electrons. The molecular weight excluding hydrogens is 264 g/mol. The zero-order valence-corrected chi connectivity index (χ0v) is 12.1. The molecule has 1 unspecified atom stereocenters. The van der Waals surface area contributed by atoms with Crippen molar-refractivity contribution in [2.24, 2.45) is 5.41 Å². The average molecular weight is 285 g/mol. The number of nitrogens with one attached hydrogen (secondary N) is 1. The Kier molecular flexibility index (Phi) is 4.93. The second kappa shape index (κ2) is 5.78. The van der Waals surface area contributed by atoms with E-state index in [0.29, 0.717) is 6.04 Å². The quantitative estimate of drug-likeness (QED) is 0.906. The van der Waals surface area contributed by atoms with Crippen molar-refractivity contribution >= 4 is 15.9 Å². The van der Waals surface area contributed by atoms with Crippen molar-refractivity contribution in [3.05, 3.63) is 28.5 Å². The molecule has 1 heterocycles. The van der Waals surface area contributed by atoms with Crippen LogP contribution in [0.4, 0.5) is 0 Å². The monoisotopic (exact) mass is 284 g/mol. The van der Waals surface area contributed by atoms with Gasteiger partial charge in [0.05, 0.1) is 11.7 Å². The molecule has 0 aliphatic heterocycles. The summed E-state index contributed by atoms with van der Waals surface area (Å²) in [7, 11) is 0. The van der Waals surface area contributed by atoms with Gasteiger partial charge in [0, 0.05) is 10.7 Å². The van der Waals surface area contributed by atoms with Gasteiger partial charge < -0.3 is 5.32 Å². The fraction of sp³-hybridized carbons (Fsp3) is 0.615. The number of rotatable bonds is 4. The number of aromatic nitrogens is 1. The Morgan fingerprint density at radius 3 is 2.50 bits per heavy atom. The minimum absolute atomic E-state index is 0.177. The average Bonchev–Trinajstić information content (AvgIpc) is 2.19. The topological polar surface area (TPSA) is 24.9 Å². The standard InChI is InChI=1S/C13H21BrN2/c1-5-8-15-12(13(2,3)4)11-7-6-10(14)9-16-11/h6-7,9,12,15H,5,8H2,1-4H3. The van der Waals surface area contributed by atoms with Gasteiger partial charge in [-0.2, -0.15) is 0 Å². The van der Waals surface area contributed by atoms with Crippen molar-refractivity contribution in [3.8, 4) is 0 Å². The maximum atomic E-state index is 4.49. The zero-order chi connectivity index (χ0) is 12.2. The SMILES string of the molecule is CCCNC(c1ccc(Br)cn1)C(C)(C)C. The summed E-state index contributed by atoms with van der Waals surface area (Å²) in [5.74, 6) is 0. The van der Waals surface area contributed by atoms with Gasteiger partial charge in [-0.15, -0.1) is 0 Å². The van der Waals surface area contributed by atoms with E-state index in [9.17, 15) is 0 Å². The van der Waals surface area contributed by atoms with Gasteiger partial charge in [0.25, 0.3) is 0 Å². The van der Waals surface area contributed by atoms with Gasteiger partial charge in [-0.1, -0.05) is 27.7 Å². The molecule has 1 atom stereocenters. The summed E-state index contributed by atoms with van der Waals surface area (Å²) in [6.45, 7) is 9.93. The molecule has 0 spiro atoms. The molecule has 1 N–H and O–H groups in total. The van der Waals surface area contributed by atoms with Gasteiger partial charge in [0.2, 0.25) is 0 Å². The predicted molar refractivity (Wildman–Crippen MR) is 72.4 cm³/mol. The first-order valence-corrected chi connectivity index (χ1v) is 6.59. The summed E-state index contributed by atoms with van der Waals surface area (Å²) < 4.78 is 1.03. The first-order valence-electron chi connectivity index (χ1n) is 5.80. The molecule has 0 amide bonds. The fourth-order valence-corrected chi connectivity index (χ4v) is 1.94. The lowest BCUT2D eigenvalue weighted by Gasteiger charge is -2.31. The molecule has 0 saturated carbocycles. The van der Waals surface area contributed by atoms with E-state index in [4.69, 9.17) is 0 Å². The third kappa shape index (κ3) is 3.87. The Balaban J connectivity index is 2.88. The summed E-state index contributed by atoms with van der Waals surface area (Å²) in [5.41, 5.74) is 1.29. The van der Waals surface area contributed by atoms with Crippen LogP contribution in [-0.2, 0) is 0 Å². The number of hydrogen-bond donors (Lipinski definition) is 1. The first-order chi connectivity index (χ1) is 7.45. The normalized spacial score (nSPS) is 13.8. The van der Waals surface area contributed by atoms with Gasteiger partial charge in [-0.3, -0.25) is 4.98 Å². The van der Waals surface area contributed by atoms with Crippen LogP contribution in [0.15, 0.2) is 22.8 Å². The Hall–Kier alpha value is -0.410. The van der Waals surface area contributed by atoms with E-state index >= 15 is 0 Å². The van der Waals surface area contributed by atoms with E-state index in [2.05, 4.69) is 66.1 Å². The molecule has 1 aromatic rings. The van der Waals surface area contributed by atoms with Crippen molar-refractivity contribution in [1.82, 2.24) is 10.3 Å². The molecule has 0 saturated heterocycles. The van der Waals surface area contributed by atoms with E-state index in [1.165, 1.54) is 0 Å². The smallest absolute Gasteiger partial charge is 0.0579 e. The molecule has 1 aromatic heterocycles. The highest BCUT2D eigenvalue weighted by atomic mass is 79.9. The Morgan fingerprint density at radius 1 is 1.38 bits per heavy atom. The lowest BCUT2D eigenvalue weighted by atomic mass is 9.84. The van der Waals surface area contributed by atoms with Gasteiger partial charge in [-0.25, -0.2) is 0 Å². The fourth-order valence-electron chi connectivity index (χ4n) is 1.70. The van der Waals surface area contributed by atoms with Crippen LogP contribution >= 0.6 is 15.9 Å². The van der Waals surface area contributed by atoms with E-state index in [-0.39, 0.29) is 5.41 Å². The number of halogens is 1. The zero-order valence-electron chi connectivity index (χ0n) is 10.5. The third-order valence-corrected chi connectivity index (χ3v) is 2.98. The molecule has 0 aliphatic carbocycles. The van der Waals surface area contributed by atoms with Crippen LogP contribution in [0.5, 0.6) is 0 Å². The van der Waals surface area contributed by atoms with Crippen LogP contribution < -0.4 is 5.32 Å². The van der Waals surface area contributed by atoms with Crippen LogP contribution in [0.3, 0.4) is 0 Å². The lowest BCUT2D eigenvalue weighted by molar-refractivity contribution is 0.268. The molecule has 0 aromatic carbocycles. The van der Waals surface area contributed by atoms with Crippen molar-refractivity contribution in [3.63, 3.8) is 0 Å². The molecule has 2 nitrogen and oxygen atoms in total. The second-order valence-corrected chi connectivity index (χ2v) is 6.07. The lowest BCUT2D eigenvalue weighted by Crippen LogP contribution is -2.33. The van der Waals surface area contributed by atoms with E-state index in [0.717, 1.165) is 23.1 Å². The van der Waals surface area contributed by atoms with Crippen LogP contribution in [0.2, 0.25) is 0 Å². The molecule has 1 rings (SSSR count). The molecular formula is C13H21BrN2. The molecule has 0 fully saturated rings. The Labute approximate surface area is 107 Å². The predicted octanol–water partition coefficient (Wildman–Crippen LogP) is 3.93. The highest BCUT2D eigenvalue weighted by molar-refractivity contribution is 9.10. The van der Waals surface area contributed by atoms with Crippen LogP contribution in [-0.4, -0.2) is 11.5 Å². The molecule has 0 aliphatic rings. The molecule has 90 valence electrons. The summed E-state index contributed by atoms with van der Waals surface area (Å²) in [6, 6.07) is 4.44. The minimum atomic E-state index is 0.177. The highest BCUT2D eigenvalue weighted by Gasteiger charge is 2.26. The Bertz CT molecular complexity index is 314. The van der Waals surface area contributed by atoms with Crippen molar-refractivity contribution in [2.75, 3.05) is 6.54 Å². The largest absolute Gasteiger partial charge is 0.308 e. The van der Waals surface area contributed by atoms with Crippen molar-refractivity contribution < 1.29 is 0 Å². The van der Waals surface area contributed by atoms with Gasteiger partial charge in [0.15, 0.2) is 0 Å². The van der Waals surface area contributed by atoms with Crippen LogP contribution in [0, 0.1) is 5.41 Å². The maximum absolute atomic E-state index is 4.49. The molecule has 0 bridgehead atoms. The van der Waals surface area contributed by atoms with Gasteiger partial charge in [0.1, 0.15) is 0 Å². The summed E-state index contributed by atoms with van der Waals surface area (Å²) in [6.07, 6.45) is 3.00. The highest BCUT2D eigenvalue weighted by Crippen LogP contribution is 2.31. The van der Waals surface area contributed by atoms with E-state index in [1.807, 2.05) is 6.20 Å². The first kappa shape index (κ1) is 13.7. The minimum Gasteiger partial charge on any atom is -0.308 e.